The van der Waals surface area contributed by atoms with E-state index in [4.69, 9.17) is 9.47 Å². The molecule has 1 aromatic rings. The summed E-state index contributed by atoms with van der Waals surface area (Å²) in [6, 6.07) is 4.03. The van der Waals surface area contributed by atoms with Gasteiger partial charge in [-0.15, -0.1) is 0 Å². The van der Waals surface area contributed by atoms with Gasteiger partial charge in [-0.1, -0.05) is 0 Å². The number of piperidine rings is 1. The highest BCUT2D eigenvalue weighted by Gasteiger charge is 2.43. The number of carbonyl (C=O) groups excluding carboxylic acids is 1. The van der Waals surface area contributed by atoms with Crippen molar-refractivity contribution < 1.29 is 14.3 Å². The Labute approximate surface area is 144 Å². The summed E-state index contributed by atoms with van der Waals surface area (Å²) in [6.45, 7) is 7.78. The molecule has 1 saturated heterocycles. The predicted octanol–water partition coefficient (Wildman–Crippen LogP) is 3.28. The van der Waals surface area contributed by atoms with Crippen molar-refractivity contribution in [2.75, 3.05) is 25.1 Å². The fourth-order valence-electron chi connectivity index (χ4n) is 4.16. The number of esters is 1. The first kappa shape index (κ1) is 17.1. The second-order valence-electron chi connectivity index (χ2n) is 8.01. The number of fused-ring (bicyclic) bond motifs is 2. The van der Waals surface area contributed by atoms with E-state index in [1.165, 1.54) is 12.8 Å². The smallest absolute Gasteiger partial charge is 0.306 e. The molecule has 0 amide bonds. The first-order chi connectivity index (χ1) is 11.4. The number of hydrogen-bond donors (Lipinski definition) is 0. The van der Waals surface area contributed by atoms with Crippen molar-refractivity contribution in [2.45, 2.75) is 45.6 Å². The molecular formula is C19H28N2O3. The Morgan fingerprint density at radius 3 is 2.54 bits per heavy atom. The molecule has 0 N–H and O–H groups in total. The van der Waals surface area contributed by atoms with Gasteiger partial charge in [0, 0.05) is 37.5 Å². The minimum absolute atomic E-state index is 0.0524. The molecule has 2 fully saturated rings. The molecule has 0 aromatic carbocycles. The summed E-state index contributed by atoms with van der Waals surface area (Å²) < 4.78 is 10.8. The lowest BCUT2D eigenvalue weighted by Gasteiger charge is -2.39. The lowest BCUT2D eigenvalue weighted by molar-refractivity contribution is -0.156. The molecule has 2 aliphatic rings. The van der Waals surface area contributed by atoms with Gasteiger partial charge >= 0.3 is 5.97 Å². The molecule has 132 valence electrons. The number of aromatic nitrogens is 1. The summed E-state index contributed by atoms with van der Waals surface area (Å²) in [6.07, 6.45) is 4.76. The maximum atomic E-state index is 12.2. The van der Waals surface area contributed by atoms with Gasteiger partial charge < -0.3 is 14.4 Å². The Bertz CT molecular complexity index is 583. The summed E-state index contributed by atoms with van der Waals surface area (Å²) in [7, 11) is 1.64. The van der Waals surface area contributed by atoms with Crippen LogP contribution in [-0.4, -0.2) is 36.8 Å². The fourth-order valence-corrected chi connectivity index (χ4v) is 4.16. The highest BCUT2D eigenvalue weighted by atomic mass is 16.6. The molecule has 0 radical (unpaired) electrons. The lowest BCUT2D eigenvalue weighted by atomic mass is 9.82. The van der Waals surface area contributed by atoms with Crippen LogP contribution in [0.5, 0.6) is 5.88 Å². The largest absolute Gasteiger partial charge is 0.481 e. The molecule has 2 heterocycles. The van der Waals surface area contributed by atoms with E-state index in [0.29, 0.717) is 30.1 Å². The predicted molar refractivity (Wildman–Crippen MR) is 93.2 cm³/mol. The normalized spacial score (nSPS) is 26.3. The highest BCUT2D eigenvalue weighted by Crippen LogP contribution is 2.45. The van der Waals surface area contributed by atoms with Crippen molar-refractivity contribution in [3.63, 3.8) is 0 Å². The maximum Gasteiger partial charge on any atom is 0.306 e. The minimum atomic E-state index is -0.398. The zero-order chi connectivity index (χ0) is 17.3. The first-order valence-corrected chi connectivity index (χ1v) is 8.82. The van der Waals surface area contributed by atoms with Gasteiger partial charge in [0.2, 0.25) is 5.88 Å². The third-order valence-electron chi connectivity index (χ3n) is 5.14. The zero-order valence-electron chi connectivity index (χ0n) is 15.1. The standard InChI is InChI=1S/C19H28N2O3/c1-19(2,3)24-18(22)10-16-13-5-6-14(16)12-21(11-13)15-7-8-20-17(9-15)23-4/h7-9,13-14,16H,5-6,10-12H2,1-4H3/t13-,14+,16?. The number of methoxy groups -OCH3 is 1. The summed E-state index contributed by atoms with van der Waals surface area (Å²) in [5, 5.41) is 0. The molecule has 1 aliphatic carbocycles. The van der Waals surface area contributed by atoms with Crippen LogP contribution in [-0.2, 0) is 9.53 Å². The van der Waals surface area contributed by atoms with Crippen molar-refractivity contribution in [3.8, 4) is 5.88 Å². The third-order valence-corrected chi connectivity index (χ3v) is 5.14. The van der Waals surface area contributed by atoms with Gasteiger partial charge in [0.1, 0.15) is 5.60 Å². The molecule has 5 heteroatoms. The molecule has 24 heavy (non-hydrogen) atoms. The fraction of sp³-hybridized carbons (Fsp3) is 0.684. The van der Waals surface area contributed by atoms with Crippen LogP contribution in [0.4, 0.5) is 5.69 Å². The molecule has 1 unspecified atom stereocenters. The van der Waals surface area contributed by atoms with E-state index in [-0.39, 0.29) is 5.97 Å². The summed E-state index contributed by atoms with van der Waals surface area (Å²) >= 11 is 0. The van der Waals surface area contributed by atoms with E-state index in [1.54, 1.807) is 13.3 Å². The van der Waals surface area contributed by atoms with E-state index in [9.17, 15) is 4.79 Å². The van der Waals surface area contributed by atoms with Gasteiger partial charge in [0.05, 0.1) is 7.11 Å². The molecule has 2 bridgehead atoms. The van der Waals surface area contributed by atoms with Crippen molar-refractivity contribution in [1.82, 2.24) is 4.98 Å². The monoisotopic (exact) mass is 332 g/mol. The number of hydrogen-bond acceptors (Lipinski definition) is 5. The van der Waals surface area contributed by atoms with Crippen molar-refractivity contribution >= 4 is 11.7 Å². The van der Waals surface area contributed by atoms with Crippen molar-refractivity contribution in [1.29, 1.82) is 0 Å². The van der Waals surface area contributed by atoms with Crippen LogP contribution in [0.1, 0.15) is 40.0 Å². The number of anilines is 1. The lowest BCUT2D eigenvalue weighted by Crippen LogP contribution is -2.43. The number of rotatable bonds is 4. The van der Waals surface area contributed by atoms with E-state index < -0.39 is 5.60 Å². The summed E-state index contributed by atoms with van der Waals surface area (Å²) in [5.41, 5.74) is 0.763. The number of carbonyl (C=O) groups is 1. The van der Waals surface area contributed by atoms with Crippen LogP contribution >= 0.6 is 0 Å². The highest BCUT2D eigenvalue weighted by molar-refractivity contribution is 5.70. The Kier molecular flexibility index (Phi) is 4.70. The van der Waals surface area contributed by atoms with Gasteiger partial charge in [-0.2, -0.15) is 0 Å². The molecule has 5 nitrogen and oxygen atoms in total. The zero-order valence-corrected chi connectivity index (χ0v) is 15.1. The second-order valence-corrected chi connectivity index (χ2v) is 8.01. The minimum Gasteiger partial charge on any atom is -0.481 e. The molecule has 3 atom stereocenters. The van der Waals surface area contributed by atoms with Crippen LogP contribution in [0, 0.1) is 17.8 Å². The second kappa shape index (κ2) is 6.61. The van der Waals surface area contributed by atoms with Gasteiger partial charge in [-0.25, -0.2) is 4.98 Å². The number of ether oxygens (including phenoxy) is 2. The molecule has 0 spiro atoms. The Morgan fingerprint density at radius 2 is 1.96 bits per heavy atom. The topological polar surface area (TPSA) is 51.7 Å². The van der Waals surface area contributed by atoms with Crippen LogP contribution in [0.25, 0.3) is 0 Å². The van der Waals surface area contributed by atoms with Crippen LogP contribution in [0.15, 0.2) is 18.3 Å². The van der Waals surface area contributed by atoms with E-state index in [0.717, 1.165) is 18.8 Å². The third kappa shape index (κ3) is 3.82. The number of pyridine rings is 1. The van der Waals surface area contributed by atoms with E-state index >= 15 is 0 Å². The van der Waals surface area contributed by atoms with Gasteiger partial charge in [-0.05, 0) is 57.4 Å². The Hall–Kier alpha value is -1.78. The van der Waals surface area contributed by atoms with E-state index in [1.807, 2.05) is 32.9 Å². The van der Waals surface area contributed by atoms with Crippen molar-refractivity contribution in [3.05, 3.63) is 18.3 Å². The molecule has 1 saturated carbocycles. The molecular weight excluding hydrogens is 304 g/mol. The molecule has 3 rings (SSSR count). The average Bonchev–Trinajstić information content (AvgIpc) is 2.75. The SMILES string of the molecule is COc1cc(N2C[C@H]3CC[C@@H](C2)C3CC(=O)OC(C)(C)C)ccn1. The quantitative estimate of drug-likeness (QED) is 0.792. The Morgan fingerprint density at radius 1 is 1.29 bits per heavy atom. The average molecular weight is 332 g/mol. The summed E-state index contributed by atoms with van der Waals surface area (Å²) in [5.74, 6) is 2.19. The molecule has 1 aromatic heterocycles. The Balaban J connectivity index is 1.65. The van der Waals surface area contributed by atoms with Gasteiger partial charge in [0.15, 0.2) is 0 Å². The van der Waals surface area contributed by atoms with E-state index in [2.05, 4.69) is 9.88 Å². The van der Waals surface area contributed by atoms with Crippen LogP contribution in [0.2, 0.25) is 0 Å². The van der Waals surface area contributed by atoms with Crippen LogP contribution < -0.4 is 9.64 Å². The van der Waals surface area contributed by atoms with Gasteiger partial charge in [0.25, 0.3) is 0 Å². The summed E-state index contributed by atoms with van der Waals surface area (Å²) in [4.78, 5) is 18.8. The first-order valence-electron chi connectivity index (χ1n) is 8.82. The number of nitrogens with zero attached hydrogens (tertiary/aromatic N) is 2. The van der Waals surface area contributed by atoms with Crippen molar-refractivity contribution in [2.24, 2.45) is 17.8 Å². The van der Waals surface area contributed by atoms with Crippen LogP contribution in [0.3, 0.4) is 0 Å². The maximum absolute atomic E-state index is 12.2. The van der Waals surface area contributed by atoms with Gasteiger partial charge in [-0.3, -0.25) is 4.79 Å². The molecule has 1 aliphatic heterocycles.